The van der Waals surface area contributed by atoms with Crippen molar-refractivity contribution in [3.8, 4) is 6.07 Å². The van der Waals surface area contributed by atoms with Crippen LogP contribution in [0.25, 0.3) is 0 Å². The second-order valence-electron chi connectivity index (χ2n) is 3.64. The molecule has 0 radical (unpaired) electrons. The fourth-order valence-electron chi connectivity index (χ4n) is 1.23. The zero-order valence-corrected chi connectivity index (χ0v) is 10.2. The normalized spacial score (nSPS) is 12.7. The third-order valence-electron chi connectivity index (χ3n) is 2.17. The van der Waals surface area contributed by atoms with E-state index in [-0.39, 0.29) is 12.2 Å². The van der Waals surface area contributed by atoms with Crippen LogP contribution in [0.15, 0.2) is 0 Å². The Balaban J connectivity index is 3.92. The van der Waals surface area contributed by atoms with Gasteiger partial charge in [0.25, 0.3) is 0 Å². The zero-order chi connectivity index (χ0) is 11.5. The van der Waals surface area contributed by atoms with Crippen LogP contribution < -0.4 is 0 Å². The van der Waals surface area contributed by atoms with Crippen molar-refractivity contribution in [2.45, 2.75) is 52.7 Å². The Kier molecular flexibility index (Phi) is 9.55. The van der Waals surface area contributed by atoms with E-state index in [1.165, 1.54) is 0 Å². The Labute approximate surface area is 93.4 Å². The quantitative estimate of drug-likeness (QED) is 0.553. The topological polar surface area (TPSA) is 42.2 Å². The monoisotopic (exact) mass is 213 g/mol. The highest BCUT2D eigenvalue weighted by Crippen LogP contribution is 2.14. The van der Waals surface area contributed by atoms with Crippen LogP contribution in [0.4, 0.5) is 0 Å². The molecule has 0 aromatic rings. The summed E-state index contributed by atoms with van der Waals surface area (Å²) >= 11 is 0. The average molecular weight is 213 g/mol. The van der Waals surface area contributed by atoms with Crippen LogP contribution >= 0.6 is 0 Å². The van der Waals surface area contributed by atoms with Gasteiger partial charge in [-0.3, -0.25) is 0 Å². The first kappa shape index (κ1) is 14.4. The molecule has 0 fully saturated rings. The summed E-state index contributed by atoms with van der Waals surface area (Å²) < 4.78 is 11.1. The van der Waals surface area contributed by atoms with E-state index in [2.05, 4.69) is 19.9 Å². The summed E-state index contributed by atoms with van der Waals surface area (Å²) in [6.07, 6.45) is 3.31. The molecule has 0 spiro atoms. The zero-order valence-electron chi connectivity index (χ0n) is 10.2. The van der Waals surface area contributed by atoms with E-state index in [4.69, 9.17) is 14.7 Å². The summed E-state index contributed by atoms with van der Waals surface area (Å²) in [5.41, 5.74) is 0. The first-order valence-electron chi connectivity index (χ1n) is 5.91. The maximum absolute atomic E-state index is 8.86. The smallest absolute Gasteiger partial charge is 0.158 e. The van der Waals surface area contributed by atoms with Gasteiger partial charge in [-0.2, -0.15) is 5.26 Å². The average Bonchev–Trinajstić information content (AvgIpc) is 2.28. The molecule has 1 unspecified atom stereocenters. The highest BCUT2D eigenvalue weighted by molar-refractivity contribution is 4.82. The number of nitriles is 1. The van der Waals surface area contributed by atoms with Gasteiger partial charge in [0, 0.05) is 19.6 Å². The van der Waals surface area contributed by atoms with Crippen LogP contribution in [-0.2, 0) is 9.47 Å². The summed E-state index contributed by atoms with van der Waals surface area (Å²) in [6, 6.07) is 2.28. The molecule has 0 saturated heterocycles. The minimum atomic E-state index is -0.200. The van der Waals surface area contributed by atoms with Gasteiger partial charge in [0.2, 0.25) is 0 Å². The molecule has 0 aromatic carbocycles. The molecular formula is C12H23NO2. The summed E-state index contributed by atoms with van der Waals surface area (Å²) in [4.78, 5) is 0. The Morgan fingerprint density at radius 1 is 1.07 bits per heavy atom. The SMILES string of the molecule is CCCOC(CC(C#N)CC)OCCC. The van der Waals surface area contributed by atoms with E-state index in [1.807, 2.05) is 6.92 Å². The predicted octanol–water partition coefficient (Wildman–Crippen LogP) is 3.11. The number of hydrogen-bond donors (Lipinski definition) is 0. The van der Waals surface area contributed by atoms with Gasteiger partial charge in [0.05, 0.1) is 12.0 Å². The first-order chi connectivity index (χ1) is 7.28. The Bertz CT molecular complexity index is 169. The Morgan fingerprint density at radius 3 is 1.93 bits per heavy atom. The van der Waals surface area contributed by atoms with E-state index in [0.29, 0.717) is 19.6 Å². The molecule has 1 atom stereocenters. The molecule has 0 aromatic heterocycles. The van der Waals surface area contributed by atoms with E-state index >= 15 is 0 Å². The number of rotatable bonds is 9. The number of ether oxygens (including phenoxy) is 2. The molecule has 0 amide bonds. The lowest BCUT2D eigenvalue weighted by Crippen LogP contribution is -2.21. The van der Waals surface area contributed by atoms with Crippen LogP contribution in [0.3, 0.4) is 0 Å². The molecule has 0 heterocycles. The van der Waals surface area contributed by atoms with Crippen molar-refractivity contribution in [1.82, 2.24) is 0 Å². The van der Waals surface area contributed by atoms with Crippen molar-refractivity contribution >= 4 is 0 Å². The maximum atomic E-state index is 8.86. The van der Waals surface area contributed by atoms with E-state index in [0.717, 1.165) is 19.3 Å². The van der Waals surface area contributed by atoms with Gasteiger partial charge in [-0.05, 0) is 19.3 Å². The second kappa shape index (κ2) is 9.95. The summed E-state index contributed by atoms with van der Waals surface area (Å²) in [5.74, 6) is 0.0451. The van der Waals surface area contributed by atoms with Gasteiger partial charge in [-0.1, -0.05) is 20.8 Å². The lowest BCUT2D eigenvalue weighted by Gasteiger charge is -2.19. The lowest BCUT2D eigenvalue weighted by molar-refractivity contribution is -0.149. The molecule has 0 rings (SSSR count). The van der Waals surface area contributed by atoms with Gasteiger partial charge in [-0.25, -0.2) is 0 Å². The van der Waals surface area contributed by atoms with Gasteiger partial charge >= 0.3 is 0 Å². The molecule has 15 heavy (non-hydrogen) atoms. The summed E-state index contributed by atoms with van der Waals surface area (Å²) in [7, 11) is 0. The minimum Gasteiger partial charge on any atom is -0.353 e. The largest absolute Gasteiger partial charge is 0.353 e. The molecule has 3 heteroatoms. The molecular weight excluding hydrogens is 190 g/mol. The third kappa shape index (κ3) is 7.35. The van der Waals surface area contributed by atoms with E-state index in [1.54, 1.807) is 0 Å². The van der Waals surface area contributed by atoms with Crippen molar-refractivity contribution in [1.29, 1.82) is 5.26 Å². The molecule has 3 nitrogen and oxygen atoms in total. The number of nitrogens with zero attached hydrogens (tertiary/aromatic N) is 1. The minimum absolute atomic E-state index is 0.0451. The third-order valence-corrected chi connectivity index (χ3v) is 2.17. The highest BCUT2D eigenvalue weighted by atomic mass is 16.7. The molecule has 0 aliphatic carbocycles. The highest BCUT2D eigenvalue weighted by Gasteiger charge is 2.15. The lowest BCUT2D eigenvalue weighted by atomic mass is 10.0. The molecule has 0 aliphatic rings. The van der Waals surface area contributed by atoms with Crippen molar-refractivity contribution < 1.29 is 9.47 Å². The Morgan fingerprint density at radius 2 is 1.60 bits per heavy atom. The van der Waals surface area contributed by atoms with Crippen LogP contribution in [0.2, 0.25) is 0 Å². The summed E-state index contributed by atoms with van der Waals surface area (Å²) in [6.45, 7) is 7.56. The second-order valence-corrected chi connectivity index (χ2v) is 3.64. The van der Waals surface area contributed by atoms with Crippen LogP contribution in [0.1, 0.15) is 46.5 Å². The van der Waals surface area contributed by atoms with Crippen molar-refractivity contribution in [2.75, 3.05) is 13.2 Å². The van der Waals surface area contributed by atoms with E-state index < -0.39 is 0 Å². The van der Waals surface area contributed by atoms with Crippen LogP contribution in [0.5, 0.6) is 0 Å². The molecule has 0 N–H and O–H groups in total. The Hall–Kier alpha value is -0.590. The van der Waals surface area contributed by atoms with Gasteiger partial charge in [-0.15, -0.1) is 0 Å². The molecule has 0 aliphatic heterocycles. The van der Waals surface area contributed by atoms with Gasteiger partial charge in [0.1, 0.15) is 0 Å². The van der Waals surface area contributed by atoms with Crippen molar-refractivity contribution in [2.24, 2.45) is 5.92 Å². The van der Waals surface area contributed by atoms with Crippen LogP contribution in [-0.4, -0.2) is 19.5 Å². The van der Waals surface area contributed by atoms with Crippen molar-refractivity contribution in [3.63, 3.8) is 0 Å². The maximum Gasteiger partial charge on any atom is 0.158 e. The first-order valence-corrected chi connectivity index (χ1v) is 5.91. The van der Waals surface area contributed by atoms with Crippen LogP contribution in [0, 0.1) is 17.2 Å². The molecule has 88 valence electrons. The summed E-state index contributed by atoms with van der Waals surface area (Å²) in [5, 5.41) is 8.86. The standard InChI is InChI=1S/C12H23NO2/c1-4-7-14-12(15-8-5-2)9-11(6-3)10-13/h11-12H,4-9H2,1-3H3. The van der Waals surface area contributed by atoms with E-state index in [9.17, 15) is 0 Å². The fraction of sp³-hybridized carbons (Fsp3) is 0.917. The van der Waals surface area contributed by atoms with Gasteiger partial charge in [0.15, 0.2) is 6.29 Å². The number of hydrogen-bond acceptors (Lipinski definition) is 3. The molecule has 0 saturated carbocycles. The molecule has 0 bridgehead atoms. The fourth-order valence-corrected chi connectivity index (χ4v) is 1.23. The van der Waals surface area contributed by atoms with Crippen molar-refractivity contribution in [3.05, 3.63) is 0 Å². The predicted molar refractivity (Wildman–Crippen MR) is 60.3 cm³/mol. The van der Waals surface area contributed by atoms with Gasteiger partial charge < -0.3 is 9.47 Å².